The van der Waals surface area contributed by atoms with E-state index in [-0.39, 0.29) is 11.5 Å². The first kappa shape index (κ1) is 25.5. The Bertz CT molecular complexity index is 931. The predicted octanol–water partition coefficient (Wildman–Crippen LogP) is 4.84. The van der Waals surface area contributed by atoms with Crippen molar-refractivity contribution in [3.8, 4) is 11.5 Å². The van der Waals surface area contributed by atoms with Crippen LogP contribution >= 0.6 is 0 Å². The number of hydrogen-bond acceptors (Lipinski definition) is 5. The Morgan fingerprint density at radius 3 is 2.34 bits per heavy atom. The van der Waals surface area contributed by atoms with Crippen LogP contribution in [0.1, 0.15) is 49.7 Å². The second kappa shape index (κ2) is 12.4. The molecule has 35 heavy (non-hydrogen) atoms. The number of rotatable bonds is 11. The largest absolute Gasteiger partial charge is 0.494 e. The van der Waals surface area contributed by atoms with Gasteiger partial charge in [-0.3, -0.25) is 9.69 Å². The molecule has 6 heteroatoms. The Labute approximate surface area is 210 Å². The van der Waals surface area contributed by atoms with Crippen molar-refractivity contribution in [2.45, 2.75) is 57.6 Å². The summed E-state index contributed by atoms with van der Waals surface area (Å²) in [5.41, 5.74) is 2.29. The Balaban J connectivity index is 1.20. The molecule has 4 rings (SSSR count). The van der Waals surface area contributed by atoms with Gasteiger partial charge in [0.2, 0.25) is 5.91 Å². The topological polar surface area (TPSA) is 51.2 Å². The van der Waals surface area contributed by atoms with E-state index < -0.39 is 0 Å². The van der Waals surface area contributed by atoms with E-state index in [2.05, 4.69) is 48.2 Å². The fourth-order valence-corrected chi connectivity index (χ4v) is 4.97. The summed E-state index contributed by atoms with van der Waals surface area (Å²) in [4.78, 5) is 16.1. The minimum atomic E-state index is -0.239. The summed E-state index contributed by atoms with van der Waals surface area (Å²) in [6.07, 6.45) is 5.61. The van der Waals surface area contributed by atoms with Gasteiger partial charge in [-0.15, -0.1) is 0 Å². The lowest BCUT2D eigenvalue weighted by molar-refractivity contribution is -0.127. The molecule has 0 aromatic heterocycles. The number of ether oxygens (including phenoxy) is 3. The molecule has 2 fully saturated rings. The number of nitrogens with zero attached hydrogens (tertiary/aromatic N) is 2. The zero-order chi connectivity index (χ0) is 24.5. The van der Waals surface area contributed by atoms with Gasteiger partial charge in [0.05, 0.1) is 6.61 Å². The Kier molecular flexibility index (Phi) is 9.05. The Morgan fingerprint density at radius 2 is 1.63 bits per heavy atom. The molecule has 2 aliphatic heterocycles. The molecule has 0 bridgehead atoms. The van der Waals surface area contributed by atoms with Gasteiger partial charge in [0, 0.05) is 39.7 Å². The maximum atomic E-state index is 11.7. The summed E-state index contributed by atoms with van der Waals surface area (Å²) in [6, 6.07) is 16.7. The lowest BCUT2D eigenvalue weighted by Crippen LogP contribution is -2.39. The molecule has 2 aromatic carbocycles. The lowest BCUT2D eigenvalue weighted by Gasteiger charge is -2.31. The van der Waals surface area contributed by atoms with Gasteiger partial charge in [0.15, 0.2) is 0 Å². The first-order valence-electron chi connectivity index (χ1n) is 13.0. The summed E-state index contributed by atoms with van der Waals surface area (Å²) >= 11 is 0. The molecule has 0 radical (unpaired) electrons. The number of methoxy groups -OCH3 is 1. The van der Waals surface area contributed by atoms with E-state index in [1.807, 2.05) is 24.1 Å². The quantitative estimate of drug-likeness (QED) is 0.431. The maximum absolute atomic E-state index is 11.7. The Morgan fingerprint density at radius 1 is 0.886 bits per heavy atom. The molecule has 0 N–H and O–H groups in total. The zero-order valence-electron chi connectivity index (χ0n) is 21.3. The highest BCUT2D eigenvalue weighted by atomic mass is 16.5. The van der Waals surface area contributed by atoms with Crippen LogP contribution in [0, 0.1) is 6.92 Å². The van der Waals surface area contributed by atoms with Crippen molar-refractivity contribution in [3.63, 3.8) is 0 Å². The highest BCUT2D eigenvalue weighted by molar-refractivity contribution is 5.77. The molecule has 6 nitrogen and oxygen atoms in total. The lowest BCUT2D eigenvalue weighted by atomic mass is 9.95. The molecular weight excluding hydrogens is 440 g/mol. The number of benzene rings is 2. The molecule has 2 heterocycles. The summed E-state index contributed by atoms with van der Waals surface area (Å²) < 4.78 is 18.0. The van der Waals surface area contributed by atoms with E-state index in [4.69, 9.17) is 14.2 Å². The van der Waals surface area contributed by atoms with Gasteiger partial charge in [0.1, 0.15) is 23.7 Å². The monoisotopic (exact) mass is 480 g/mol. The predicted molar refractivity (Wildman–Crippen MR) is 138 cm³/mol. The van der Waals surface area contributed by atoms with Gasteiger partial charge < -0.3 is 19.1 Å². The zero-order valence-corrected chi connectivity index (χ0v) is 21.3. The van der Waals surface area contributed by atoms with Crippen LogP contribution in [0.25, 0.3) is 0 Å². The second-order valence-electron chi connectivity index (χ2n) is 9.95. The first-order chi connectivity index (χ1) is 17.0. The van der Waals surface area contributed by atoms with E-state index in [0.717, 1.165) is 76.3 Å². The molecule has 0 unspecified atom stereocenters. The number of carbonyl (C=O) groups excluding carboxylic acids is 1. The highest BCUT2D eigenvalue weighted by Gasteiger charge is 2.33. The summed E-state index contributed by atoms with van der Waals surface area (Å²) in [6.45, 7) is 7.97. The van der Waals surface area contributed by atoms with Crippen LogP contribution < -0.4 is 9.47 Å². The molecule has 0 aliphatic carbocycles. The SMILES string of the molecule is CO[C@@]1(COc2ccc(C)cc2)CCCN(Cc2ccc(OCCCN3CCCC3=O)cc2)CC1. The minimum absolute atomic E-state index is 0.239. The third-order valence-corrected chi connectivity index (χ3v) is 7.29. The molecular formula is C29H40N2O4. The molecule has 0 spiro atoms. The molecule has 2 aromatic rings. The van der Waals surface area contributed by atoms with E-state index in [9.17, 15) is 4.79 Å². The van der Waals surface area contributed by atoms with Crippen molar-refractivity contribution in [1.29, 1.82) is 0 Å². The second-order valence-corrected chi connectivity index (χ2v) is 9.95. The van der Waals surface area contributed by atoms with Gasteiger partial charge in [-0.05, 0) is 75.4 Å². The molecule has 2 saturated heterocycles. The smallest absolute Gasteiger partial charge is 0.222 e. The summed E-state index contributed by atoms with van der Waals surface area (Å²) in [7, 11) is 1.82. The fourth-order valence-electron chi connectivity index (χ4n) is 4.97. The fraction of sp³-hybridized carbons (Fsp3) is 0.552. The van der Waals surface area contributed by atoms with Crippen molar-refractivity contribution in [2.24, 2.45) is 0 Å². The number of amides is 1. The highest BCUT2D eigenvalue weighted by Crippen LogP contribution is 2.28. The average molecular weight is 481 g/mol. The van der Waals surface area contributed by atoms with E-state index in [1.165, 1.54) is 11.1 Å². The van der Waals surface area contributed by atoms with Crippen LogP contribution in [0.15, 0.2) is 48.5 Å². The van der Waals surface area contributed by atoms with Crippen LogP contribution in [0.3, 0.4) is 0 Å². The number of likely N-dealkylation sites (tertiary alicyclic amines) is 2. The molecule has 190 valence electrons. The molecule has 1 amide bonds. The van der Waals surface area contributed by atoms with Gasteiger partial charge >= 0.3 is 0 Å². The van der Waals surface area contributed by atoms with E-state index in [0.29, 0.717) is 19.6 Å². The average Bonchev–Trinajstić information content (AvgIpc) is 3.18. The van der Waals surface area contributed by atoms with Crippen molar-refractivity contribution >= 4 is 5.91 Å². The molecule has 2 aliphatic rings. The maximum Gasteiger partial charge on any atom is 0.222 e. The van der Waals surface area contributed by atoms with Crippen molar-refractivity contribution in [2.75, 3.05) is 46.5 Å². The van der Waals surface area contributed by atoms with Crippen molar-refractivity contribution in [3.05, 3.63) is 59.7 Å². The first-order valence-corrected chi connectivity index (χ1v) is 13.0. The van der Waals surface area contributed by atoms with Crippen LogP contribution in [0.4, 0.5) is 0 Å². The Hall–Kier alpha value is -2.57. The van der Waals surface area contributed by atoms with Crippen LogP contribution in [-0.2, 0) is 16.1 Å². The summed E-state index contributed by atoms with van der Waals surface area (Å²) in [5.74, 6) is 2.08. The number of carbonyl (C=O) groups is 1. The van der Waals surface area contributed by atoms with Gasteiger partial charge in [0.25, 0.3) is 0 Å². The number of hydrogen-bond donors (Lipinski definition) is 0. The van der Waals surface area contributed by atoms with Crippen LogP contribution in [0.2, 0.25) is 0 Å². The molecule has 1 atom stereocenters. The van der Waals surface area contributed by atoms with Gasteiger partial charge in [-0.25, -0.2) is 0 Å². The molecule has 0 saturated carbocycles. The standard InChI is InChI=1S/C29H40N2O4/c1-24-7-11-27(12-8-24)35-23-29(33-2)15-4-17-30(20-16-29)22-25-9-13-26(14-10-25)34-21-5-19-31-18-3-6-28(31)32/h7-14H,3-6,15-23H2,1-2H3/t29-/m0/s1. The normalized spacial score (nSPS) is 21.2. The summed E-state index contributed by atoms with van der Waals surface area (Å²) in [5, 5.41) is 0. The number of aryl methyl sites for hydroxylation is 1. The van der Waals surface area contributed by atoms with Gasteiger partial charge in [-0.1, -0.05) is 29.8 Å². The van der Waals surface area contributed by atoms with E-state index >= 15 is 0 Å². The van der Waals surface area contributed by atoms with E-state index in [1.54, 1.807) is 0 Å². The third-order valence-electron chi connectivity index (χ3n) is 7.29. The minimum Gasteiger partial charge on any atom is -0.494 e. The van der Waals surface area contributed by atoms with Gasteiger partial charge in [-0.2, -0.15) is 0 Å². The van der Waals surface area contributed by atoms with Crippen molar-refractivity contribution in [1.82, 2.24) is 9.80 Å². The van der Waals surface area contributed by atoms with Crippen molar-refractivity contribution < 1.29 is 19.0 Å². The van der Waals surface area contributed by atoms with Crippen LogP contribution in [-0.4, -0.2) is 67.8 Å². The van der Waals surface area contributed by atoms with Crippen LogP contribution in [0.5, 0.6) is 11.5 Å². The third kappa shape index (κ3) is 7.45.